The van der Waals surface area contributed by atoms with Crippen molar-refractivity contribution < 1.29 is 19.0 Å². The first-order chi connectivity index (χ1) is 12.9. The van der Waals surface area contributed by atoms with E-state index in [2.05, 4.69) is 40.8 Å². The van der Waals surface area contributed by atoms with Crippen molar-refractivity contribution in [1.29, 1.82) is 0 Å². The molecule has 146 valence electrons. The SMILES string of the molecule is COC(=O)Nc1cc(-c2cnc(OC[C@H](C)CC(C)C)c(OC)c2)ccn1. The largest absolute Gasteiger partial charge is 0.491 e. The number of amides is 1. The third-order valence-electron chi connectivity index (χ3n) is 3.93. The molecule has 0 bridgehead atoms. The van der Waals surface area contributed by atoms with Crippen molar-refractivity contribution in [3.63, 3.8) is 0 Å². The molecule has 2 heterocycles. The van der Waals surface area contributed by atoms with Crippen LogP contribution in [0.15, 0.2) is 30.6 Å². The fraction of sp³-hybridized carbons (Fsp3) is 0.450. The van der Waals surface area contributed by atoms with Gasteiger partial charge in [-0.1, -0.05) is 20.8 Å². The number of carbonyl (C=O) groups excluding carboxylic acids is 1. The van der Waals surface area contributed by atoms with Crippen LogP contribution in [0.5, 0.6) is 11.6 Å². The molecular formula is C20H27N3O4. The molecule has 7 nitrogen and oxygen atoms in total. The second kappa shape index (κ2) is 9.75. The molecule has 2 rings (SSSR count). The van der Waals surface area contributed by atoms with Crippen molar-refractivity contribution in [2.75, 3.05) is 26.1 Å². The van der Waals surface area contributed by atoms with Gasteiger partial charge in [0.25, 0.3) is 5.88 Å². The molecule has 0 aliphatic rings. The molecule has 0 unspecified atom stereocenters. The minimum absolute atomic E-state index is 0.390. The molecule has 2 aromatic rings. The van der Waals surface area contributed by atoms with E-state index in [-0.39, 0.29) is 0 Å². The molecule has 0 saturated carbocycles. The average Bonchev–Trinajstić information content (AvgIpc) is 2.65. The van der Waals surface area contributed by atoms with Crippen LogP contribution < -0.4 is 14.8 Å². The van der Waals surface area contributed by atoms with Gasteiger partial charge in [-0.05, 0) is 42.0 Å². The van der Waals surface area contributed by atoms with Crippen molar-refractivity contribution in [1.82, 2.24) is 9.97 Å². The summed E-state index contributed by atoms with van der Waals surface area (Å²) in [5, 5.41) is 2.54. The fourth-order valence-corrected chi connectivity index (χ4v) is 2.77. The summed E-state index contributed by atoms with van der Waals surface area (Å²) in [5.41, 5.74) is 1.66. The maximum absolute atomic E-state index is 11.3. The number of hydrogen-bond acceptors (Lipinski definition) is 6. The van der Waals surface area contributed by atoms with E-state index in [1.807, 2.05) is 12.1 Å². The van der Waals surface area contributed by atoms with Gasteiger partial charge in [-0.3, -0.25) is 5.32 Å². The Morgan fingerprint density at radius 2 is 1.93 bits per heavy atom. The smallest absolute Gasteiger partial charge is 0.412 e. The van der Waals surface area contributed by atoms with E-state index in [1.165, 1.54) is 7.11 Å². The van der Waals surface area contributed by atoms with Gasteiger partial charge in [-0.25, -0.2) is 14.8 Å². The van der Waals surface area contributed by atoms with Crippen LogP contribution in [-0.4, -0.2) is 36.9 Å². The summed E-state index contributed by atoms with van der Waals surface area (Å²) in [4.78, 5) is 19.8. The van der Waals surface area contributed by atoms with Crippen LogP contribution in [0.4, 0.5) is 10.6 Å². The quantitative estimate of drug-likeness (QED) is 0.739. The fourth-order valence-electron chi connectivity index (χ4n) is 2.77. The van der Waals surface area contributed by atoms with Gasteiger partial charge in [-0.15, -0.1) is 0 Å². The molecule has 27 heavy (non-hydrogen) atoms. The van der Waals surface area contributed by atoms with Gasteiger partial charge >= 0.3 is 6.09 Å². The second-order valence-corrected chi connectivity index (χ2v) is 6.82. The van der Waals surface area contributed by atoms with Gasteiger partial charge in [0, 0.05) is 18.0 Å². The molecule has 1 atom stereocenters. The lowest BCUT2D eigenvalue weighted by Gasteiger charge is -2.16. The van der Waals surface area contributed by atoms with Crippen molar-refractivity contribution >= 4 is 11.9 Å². The van der Waals surface area contributed by atoms with Crippen LogP contribution in [0, 0.1) is 11.8 Å². The van der Waals surface area contributed by atoms with E-state index in [1.54, 1.807) is 25.6 Å². The van der Waals surface area contributed by atoms with Gasteiger partial charge in [-0.2, -0.15) is 0 Å². The number of nitrogens with one attached hydrogen (secondary N) is 1. The Morgan fingerprint density at radius 3 is 2.59 bits per heavy atom. The summed E-state index contributed by atoms with van der Waals surface area (Å²) in [5.74, 6) is 2.48. The number of pyridine rings is 2. The Morgan fingerprint density at radius 1 is 1.15 bits per heavy atom. The number of nitrogens with zero attached hydrogens (tertiary/aromatic N) is 2. The lowest BCUT2D eigenvalue weighted by molar-refractivity contribution is 0.187. The summed E-state index contributed by atoms with van der Waals surface area (Å²) in [7, 11) is 2.89. The Balaban J connectivity index is 2.15. The molecule has 1 N–H and O–H groups in total. The Hall–Kier alpha value is -2.83. The van der Waals surface area contributed by atoms with Crippen LogP contribution in [-0.2, 0) is 4.74 Å². The van der Waals surface area contributed by atoms with E-state index >= 15 is 0 Å². The Labute approximate surface area is 160 Å². The normalized spacial score (nSPS) is 11.8. The van der Waals surface area contributed by atoms with Gasteiger partial charge in [0.15, 0.2) is 5.75 Å². The molecule has 0 aliphatic heterocycles. The summed E-state index contributed by atoms with van der Waals surface area (Å²) < 4.78 is 15.9. The van der Waals surface area contributed by atoms with Gasteiger partial charge < -0.3 is 14.2 Å². The molecule has 7 heteroatoms. The van der Waals surface area contributed by atoms with Gasteiger partial charge in [0.05, 0.1) is 20.8 Å². The van der Waals surface area contributed by atoms with E-state index < -0.39 is 6.09 Å². The molecule has 0 saturated heterocycles. The first kappa shape index (κ1) is 20.5. The maximum atomic E-state index is 11.3. The van der Waals surface area contributed by atoms with E-state index in [9.17, 15) is 4.79 Å². The van der Waals surface area contributed by atoms with E-state index in [0.717, 1.165) is 17.5 Å². The van der Waals surface area contributed by atoms with Crippen LogP contribution in [0.25, 0.3) is 11.1 Å². The highest BCUT2D eigenvalue weighted by Gasteiger charge is 2.13. The number of anilines is 1. The van der Waals surface area contributed by atoms with Crippen LogP contribution in [0.1, 0.15) is 27.2 Å². The number of ether oxygens (including phenoxy) is 3. The predicted octanol–water partition coefficient (Wildman–Crippen LogP) is 4.39. The summed E-state index contributed by atoms with van der Waals surface area (Å²) in [6.45, 7) is 7.14. The lowest BCUT2D eigenvalue weighted by Crippen LogP contribution is -2.12. The number of aromatic nitrogens is 2. The zero-order valence-electron chi connectivity index (χ0n) is 16.5. The average molecular weight is 373 g/mol. The molecule has 1 amide bonds. The number of carbonyl (C=O) groups is 1. The molecule has 0 aliphatic carbocycles. The highest BCUT2D eigenvalue weighted by molar-refractivity contribution is 5.84. The molecule has 0 aromatic carbocycles. The summed E-state index contributed by atoms with van der Waals surface area (Å²) >= 11 is 0. The molecular weight excluding hydrogens is 346 g/mol. The topological polar surface area (TPSA) is 82.6 Å². The third kappa shape index (κ3) is 6.13. The van der Waals surface area contributed by atoms with Crippen LogP contribution in [0.2, 0.25) is 0 Å². The number of hydrogen-bond donors (Lipinski definition) is 1. The minimum atomic E-state index is -0.574. The highest BCUT2D eigenvalue weighted by Crippen LogP contribution is 2.31. The maximum Gasteiger partial charge on any atom is 0.412 e. The standard InChI is InChI=1S/C20H27N3O4/c1-13(2)8-14(3)12-27-19-17(25-4)9-16(11-22-19)15-6-7-21-18(10-15)23-20(24)26-5/h6-7,9-11,13-14H,8,12H2,1-5H3,(H,21,23,24)/t14-/m1/s1. The van der Waals surface area contributed by atoms with Crippen molar-refractivity contribution in [3.8, 4) is 22.8 Å². The number of methoxy groups -OCH3 is 2. The zero-order valence-corrected chi connectivity index (χ0v) is 16.5. The number of rotatable bonds is 8. The summed E-state index contributed by atoms with van der Waals surface area (Å²) in [6.07, 6.45) is 3.83. The van der Waals surface area contributed by atoms with Gasteiger partial charge in [0.1, 0.15) is 5.82 Å². The summed E-state index contributed by atoms with van der Waals surface area (Å²) in [6, 6.07) is 5.41. The molecule has 2 aromatic heterocycles. The van der Waals surface area contributed by atoms with E-state index in [0.29, 0.717) is 35.9 Å². The molecule has 0 fully saturated rings. The molecule has 0 radical (unpaired) electrons. The van der Waals surface area contributed by atoms with Crippen LogP contribution in [0.3, 0.4) is 0 Å². The first-order valence-corrected chi connectivity index (χ1v) is 8.91. The van der Waals surface area contributed by atoms with Crippen molar-refractivity contribution in [3.05, 3.63) is 30.6 Å². The van der Waals surface area contributed by atoms with Crippen molar-refractivity contribution in [2.24, 2.45) is 11.8 Å². The lowest BCUT2D eigenvalue weighted by atomic mass is 10.00. The zero-order chi connectivity index (χ0) is 19.8. The highest BCUT2D eigenvalue weighted by atomic mass is 16.5. The third-order valence-corrected chi connectivity index (χ3v) is 3.93. The van der Waals surface area contributed by atoms with E-state index in [4.69, 9.17) is 9.47 Å². The predicted molar refractivity (Wildman–Crippen MR) is 104 cm³/mol. The monoisotopic (exact) mass is 373 g/mol. The van der Waals surface area contributed by atoms with Gasteiger partial charge in [0.2, 0.25) is 0 Å². The Kier molecular flexibility index (Phi) is 7.40. The Bertz CT molecular complexity index is 765. The first-order valence-electron chi connectivity index (χ1n) is 8.91. The minimum Gasteiger partial charge on any atom is -0.491 e. The van der Waals surface area contributed by atoms with Crippen molar-refractivity contribution in [2.45, 2.75) is 27.2 Å². The molecule has 0 spiro atoms. The second-order valence-electron chi connectivity index (χ2n) is 6.82. The van der Waals surface area contributed by atoms with Crippen LogP contribution >= 0.6 is 0 Å².